The third kappa shape index (κ3) is 3.53. The fourth-order valence-electron chi connectivity index (χ4n) is 1.30. The van der Waals surface area contributed by atoms with Gasteiger partial charge in [0.25, 0.3) is 0 Å². The van der Waals surface area contributed by atoms with Crippen molar-refractivity contribution in [3.63, 3.8) is 0 Å². The van der Waals surface area contributed by atoms with Crippen molar-refractivity contribution >= 4 is 7.82 Å². The Hall–Kier alpha value is -1.91. The zero-order valence-electron chi connectivity index (χ0n) is 9.49. The van der Waals surface area contributed by atoms with Crippen LogP contribution in [0.15, 0.2) is 48.5 Å². The first-order chi connectivity index (χ1) is 8.98. The van der Waals surface area contributed by atoms with E-state index in [0.717, 1.165) is 24.3 Å². The molecule has 7 heteroatoms. The molecule has 0 unspecified atom stereocenters. The first kappa shape index (κ1) is 13.5. The van der Waals surface area contributed by atoms with Crippen molar-refractivity contribution in [1.29, 1.82) is 0 Å². The molecular weight excluding hydrogens is 277 g/mol. The Morgan fingerprint density at radius 2 is 1.21 bits per heavy atom. The summed E-state index contributed by atoms with van der Waals surface area (Å²) in [5, 5.41) is 0. The topological polar surface area (TPSA) is 55.8 Å². The van der Waals surface area contributed by atoms with Crippen molar-refractivity contribution in [2.45, 2.75) is 0 Å². The number of hydrogen-bond donors (Lipinski definition) is 1. The molecule has 2 aromatic rings. The summed E-state index contributed by atoms with van der Waals surface area (Å²) >= 11 is 0. The van der Waals surface area contributed by atoms with Crippen molar-refractivity contribution in [2.24, 2.45) is 0 Å². The summed E-state index contributed by atoms with van der Waals surface area (Å²) in [6, 6.07) is 10.0. The van der Waals surface area contributed by atoms with Gasteiger partial charge in [-0.2, -0.15) is 0 Å². The lowest BCUT2D eigenvalue weighted by Crippen LogP contribution is -2.02. The maximum absolute atomic E-state index is 13.3. The summed E-state index contributed by atoms with van der Waals surface area (Å²) in [7, 11) is -4.67. The highest BCUT2D eigenvalue weighted by atomic mass is 31.2. The first-order valence-electron chi connectivity index (χ1n) is 5.19. The molecule has 0 amide bonds. The van der Waals surface area contributed by atoms with Crippen LogP contribution in [0.3, 0.4) is 0 Å². The quantitative estimate of drug-likeness (QED) is 0.874. The zero-order chi connectivity index (χ0) is 13.9. The van der Waals surface area contributed by atoms with Crippen molar-refractivity contribution in [2.75, 3.05) is 0 Å². The van der Waals surface area contributed by atoms with Gasteiger partial charge in [-0.3, -0.25) is 4.89 Å². The molecule has 0 fully saturated rings. The van der Waals surface area contributed by atoms with Gasteiger partial charge in [0.15, 0.2) is 23.1 Å². The third-order valence-corrected chi connectivity index (χ3v) is 2.96. The van der Waals surface area contributed by atoms with Gasteiger partial charge in [-0.15, -0.1) is 0 Å². The molecule has 0 aliphatic rings. The first-order valence-corrected chi connectivity index (χ1v) is 6.68. The normalized spacial score (nSPS) is 11.1. The Bertz CT molecular complexity index is 581. The molecule has 19 heavy (non-hydrogen) atoms. The number of rotatable bonds is 4. The van der Waals surface area contributed by atoms with Crippen LogP contribution in [0.25, 0.3) is 0 Å². The molecule has 0 aliphatic carbocycles. The monoisotopic (exact) mass is 286 g/mol. The molecule has 0 spiro atoms. The zero-order valence-corrected chi connectivity index (χ0v) is 10.4. The Labute approximate surface area is 107 Å². The lowest BCUT2D eigenvalue weighted by Gasteiger charge is -2.14. The van der Waals surface area contributed by atoms with Gasteiger partial charge in [0, 0.05) is 0 Å². The van der Waals surface area contributed by atoms with E-state index >= 15 is 0 Å². The fraction of sp³-hybridized carbons (Fsp3) is 0. The highest BCUT2D eigenvalue weighted by Gasteiger charge is 2.27. The number of para-hydroxylation sites is 2. The van der Waals surface area contributed by atoms with Crippen molar-refractivity contribution in [3.8, 4) is 11.5 Å². The second-order valence-electron chi connectivity index (χ2n) is 3.51. The number of halogens is 2. The van der Waals surface area contributed by atoms with E-state index in [9.17, 15) is 18.2 Å². The van der Waals surface area contributed by atoms with Gasteiger partial charge in [-0.1, -0.05) is 24.3 Å². The molecule has 0 bridgehead atoms. The SMILES string of the molecule is O=P(O)(Oc1ccccc1F)Oc1ccccc1F. The molecule has 0 saturated carbocycles. The molecule has 0 saturated heterocycles. The Kier molecular flexibility index (Phi) is 3.83. The molecule has 100 valence electrons. The number of phosphoric ester groups is 1. The molecule has 2 rings (SSSR count). The van der Waals surface area contributed by atoms with Crippen LogP contribution in [0.5, 0.6) is 11.5 Å². The summed E-state index contributed by atoms with van der Waals surface area (Å²) in [6.45, 7) is 0. The molecule has 0 aromatic heterocycles. The highest BCUT2D eigenvalue weighted by Crippen LogP contribution is 2.45. The largest absolute Gasteiger partial charge is 0.585 e. The summed E-state index contributed by atoms with van der Waals surface area (Å²) in [4.78, 5) is 9.45. The molecule has 4 nitrogen and oxygen atoms in total. The maximum Gasteiger partial charge on any atom is 0.585 e. The Morgan fingerprint density at radius 1 is 0.842 bits per heavy atom. The van der Waals surface area contributed by atoms with E-state index in [1.54, 1.807) is 0 Å². The number of hydrogen-bond acceptors (Lipinski definition) is 3. The van der Waals surface area contributed by atoms with Crippen LogP contribution in [0.1, 0.15) is 0 Å². The van der Waals surface area contributed by atoms with Crippen LogP contribution >= 0.6 is 7.82 Å². The van der Waals surface area contributed by atoms with E-state index in [4.69, 9.17) is 0 Å². The fourth-order valence-corrected chi connectivity index (χ4v) is 2.14. The van der Waals surface area contributed by atoms with Gasteiger partial charge in [-0.05, 0) is 24.3 Å². The molecule has 0 heterocycles. The Balaban J connectivity index is 2.18. The van der Waals surface area contributed by atoms with Crippen LogP contribution < -0.4 is 9.05 Å². The van der Waals surface area contributed by atoms with Crippen molar-refractivity contribution < 1.29 is 27.3 Å². The minimum absolute atomic E-state index is 0.454. The maximum atomic E-state index is 13.3. The molecule has 2 aromatic carbocycles. The van der Waals surface area contributed by atoms with Crippen molar-refractivity contribution in [3.05, 3.63) is 60.2 Å². The van der Waals surface area contributed by atoms with Gasteiger partial charge in [0.2, 0.25) is 0 Å². The number of benzene rings is 2. The van der Waals surface area contributed by atoms with Crippen molar-refractivity contribution in [1.82, 2.24) is 0 Å². The molecule has 0 aliphatic heterocycles. The number of phosphoric acid groups is 1. The Morgan fingerprint density at radius 3 is 1.58 bits per heavy atom. The van der Waals surface area contributed by atoms with Crippen LogP contribution in [0, 0.1) is 11.6 Å². The lowest BCUT2D eigenvalue weighted by atomic mass is 10.3. The highest BCUT2D eigenvalue weighted by molar-refractivity contribution is 7.48. The second kappa shape index (κ2) is 5.38. The predicted octanol–water partition coefficient (Wildman–Crippen LogP) is 3.52. The van der Waals surface area contributed by atoms with Crippen LogP contribution in [0.4, 0.5) is 8.78 Å². The predicted molar refractivity (Wildman–Crippen MR) is 63.9 cm³/mol. The van der Waals surface area contributed by atoms with Gasteiger partial charge in [0.1, 0.15) is 0 Å². The minimum Gasteiger partial charge on any atom is -0.392 e. The van der Waals surface area contributed by atoms with Gasteiger partial charge in [0.05, 0.1) is 0 Å². The van der Waals surface area contributed by atoms with E-state index < -0.39 is 31.0 Å². The van der Waals surface area contributed by atoms with Gasteiger partial charge in [-0.25, -0.2) is 13.3 Å². The molecule has 1 N–H and O–H groups in total. The average Bonchev–Trinajstić information content (AvgIpc) is 2.35. The van der Waals surface area contributed by atoms with Gasteiger partial charge < -0.3 is 9.05 Å². The standard InChI is InChI=1S/C12H9F2O4P/c13-9-5-1-3-7-11(9)17-19(15,16)18-12-8-4-2-6-10(12)14/h1-8H,(H,15,16). The summed E-state index contributed by atoms with van der Waals surface area (Å²) in [5.74, 6) is -2.56. The van der Waals surface area contributed by atoms with Crippen LogP contribution in [-0.4, -0.2) is 4.89 Å². The van der Waals surface area contributed by atoms with Crippen LogP contribution in [0.2, 0.25) is 0 Å². The smallest absolute Gasteiger partial charge is 0.392 e. The van der Waals surface area contributed by atoms with E-state index in [0.29, 0.717) is 0 Å². The summed E-state index contributed by atoms with van der Waals surface area (Å²) in [6.07, 6.45) is 0. The van der Waals surface area contributed by atoms with Crippen LogP contribution in [-0.2, 0) is 4.57 Å². The van der Waals surface area contributed by atoms with E-state index in [1.165, 1.54) is 24.3 Å². The average molecular weight is 286 g/mol. The minimum atomic E-state index is -4.67. The van der Waals surface area contributed by atoms with E-state index in [1.807, 2.05) is 0 Å². The summed E-state index contributed by atoms with van der Waals surface area (Å²) < 4.78 is 47.2. The molecular formula is C12H9F2O4P. The molecule has 0 atom stereocenters. The second-order valence-corrected chi connectivity index (χ2v) is 4.81. The third-order valence-electron chi connectivity index (χ3n) is 2.10. The summed E-state index contributed by atoms with van der Waals surface area (Å²) in [5.41, 5.74) is 0. The van der Waals surface area contributed by atoms with E-state index in [-0.39, 0.29) is 0 Å². The van der Waals surface area contributed by atoms with Gasteiger partial charge >= 0.3 is 7.82 Å². The molecule has 0 radical (unpaired) electrons. The lowest BCUT2D eigenvalue weighted by molar-refractivity contribution is 0.281. The van der Waals surface area contributed by atoms with E-state index in [2.05, 4.69) is 9.05 Å².